The summed E-state index contributed by atoms with van der Waals surface area (Å²) in [7, 11) is 0. The van der Waals surface area contributed by atoms with Crippen molar-refractivity contribution in [2.45, 2.75) is 25.3 Å². The van der Waals surface area contributed by atoms with Gasteiger partial charge in [0.05, 0.1) is 5.92 Å². The van der Waals surface area contributed by atoms with E-state index in [2.05, 4.69) is 5.32 Å². The normalized spacial score (nSPS) is 29.6. The summed E-state index contributed by atoms with van der Waals surface area (Å²) in [5, 5.41) is 2.68. The molecule has 2 rings (SSSR count). The van der Waals surface area contributed by atoms with Gasteiger partial charge in [-0.15, -0.1) is 12.4 Å². The van der Waals surface area contributed by atoms with Gasteiger partial charge in [0.25, 0.3) is 0 Å². The zero-order valence-corrected chi connectivity index (χ0v) is 9.96. The number of piperidine rings is 1. The summed E-state index contributed by atoms with van der Waals surface area (Å²) in [5.74, 6) is -0.0963. The lowest BCUT2D eigenvalue weighted by molar-refractivity contribution is -0.136. The molecular formula is C10H18ClN3O2. The zero-order chi connectivity index (χ0) is 10.8. The van der Waals surface area contributed by atoms with Gasteiger partial charge in [-0.25, -0.2) is 0 Å². The van der Waals surface area contributed by atoms with Crippen molar-refractivity contribution in [3.8, 4) is 0 Å². The summed E-state index contributed by atoms with van der Waals surface area (Å²) < 4.78 is 0. The van der Waals surface area contributed by atoms with Crippen molar-refractivity contribution in [3.05, 3.63) is 0 Å². The van der Waals surface area contributed by atoms with E-state index in [-0.39, 0.29) is 36.2 Å². The molecule has 0 aromatic heterocycles. The van der Waals surface area contributed by atoms with Crippen LogP contribution in [0.25, 0.3) is 0 Å². The molecule has 1 unspecified atom stereocenters. The lowest BCUT2D eigenvalue weighted by Gasteiger charge is -2.32. The predicted molar refractivity (Wildman–Crippen MR) is 62.2 cm³/mol. The Hall–Kier alpha value is -0.810. The van der Waals surface area contributed by atoms with E-state index < -0.39 is 0 Å². The van der Waals surface area contributed by atoms with Crippen LogP contribution in [0.2, 0.25) is 0 Å². The SMILES string of the molecule is Cl.N[C@@H]1CCCN(C(=O)C2CNC(=O)C2)C1. The first kappa shape index (κ1) is 13.3. The van der Waals surface area contributed by atoms with E-state index in [0.29, 0.717) is 19.5 Å². The lowest BCUT2D eigenvalue weighted by atomic mass is 10.0. The average molecular weight is 248 g/mol. The molecule has 0 radical (unpaired) electrons. The number of hydrogen-bond acceptors (Lipinski definition) is 3. The molecule has 2 atom stereocenters. The molecule has 2 amide bonds. The smallest absolute Gasteiger partial charge is 0.228 e. The Bertz CT molecular complexity index is 285. The number of hydrogen-bond donors (Lipinski definition) is 2. The van der Waals surface area contributed by atoms with Gasteiger partial charge in [-0.05, 0) is 12.8 Å². The zero-order valence-electron chi connectivity index (χ0n) is 9.15. The summed E-state index contributed by atoms with van der Waals surface area (Å²) in [4.78, 5) is 24.8. The molecule has 0 aliphatic carbocycles. The van der Waals surface area contributed by atoms with Crippen LogP contribution in [0.1, 0.15) is 19.3 Å². The molecule has 3 N–H and O–H groups in total. The molecule has 2 heterocycles. The van der Waals surface area contributed by atoms with Crippen molar-refractivity contribution in [2.24, 2.45) is 11.7 Å². The molecule has 0 aromatic carbocycles. The molecular weight excluding hydrogens is 230 g/mol. The molecule has 0 aromatic rings. The largest absolute Gasteiger partial charge is 0.355 e. The maximum atomic E-state index is 12.0. The molecule has 0 bridgehead atoms. The minimum absolute atomic E-state index is 0. The van der Waals surface area contributed by atoms with Crippen LogP contribution in [0.15, 0.2) is 0 Å². The molecule has 16 heavy (non-hydrogen) atoms. The standard InChI is InChI=1S/C10H17N3O2.ClH/c11-8-2-1-3-13(6-8)10(15)7-4-9(14)12-5-7;/h7-8H,1-6,11H2,(H,12,14);1H/t7?,8-;/m1./s1. The van der Waals surface area contributed by atoms with Gasteiger partial charge >= 0.3 is 0 Å². The van der Waals surface area contributed by atoms with E-state index in [0.717, 1.165) is 19.4 Å². The van der Waals surface area contributed by atoms with Crippen molar-refractivity contribution in [1.29, 1.82) is 0 Å². The third-order valence-corrected chi connectivity index (χ3v) is 3.10. The Morgan fingerprint density at radius 1 is 1.50 bits per heavy atom. The number of carbonyl (C=O) groups excluding carboxylic acids is 2. The van der Waals surface area contributed by atoms with Gasteiger partial charge in [0, 0.05) is 32.1 Å². The number of likely N-dealkylation sites (tertiary alicyclic amines) is 1. The third kappa shape index (κ3) is 2.86. The summed E-state index contributed by atoms with van der Waals surface area (Å²) >= 11 is 0. The molecule has 2 saturated heterocycles. The Balaban J connectivity index is 0.00000128. The van der Waals surface area contributed by atoms with Crippen LogP contribution in [0.4, 0.5) is 0 Å². The molecule has 6 heteroatoms. The van der Waals surface area contributed by atoms with E-state index in [1.54, 1.807) is 4.90 Å². The first-order valence-corrected chi connectivity index (χ1v) is 5.48. The van der Waals surface area contributed by atoms with Gasteiger partial charge in [-0.2, -0.15) is 0 Å². The number of amides is 2. The van der Waals surface area contributed by atoms with Crippen molar-refractivity contribution >= 4 is 24.2 Å². The maximum Gasteiger partial charge on any atom is 0.228 e. The molecule has 5 nitrogen and oxygen atoms in total. The highest BCUT2D eigenvalue weighted by atomic mass is 35.5. The van der Waals surface area contributed by atoms with Crippen LogP contribution in [0.3, 0.4) is 0 Å². The van der Waals surface area contributed by atoms with Crippen LogP contribution < -0.4 is 11.1 Å². The number of nitrogens with two attached hydrogens (primary N) is 1. The van der Waals surface area contributed by atoms with Gasteiger partial charge in [0.1, 0.15) is 0 Å². The number of carbonyl (C=O) groups is 2. The predicted octanol–water partition coefficient (Wildman–Crippen LogP) is -0.506. The minimum atomic E-state index is -0.164. The lowest BCUT2D eigenvalue weighted by Crippen LogP contribution is -2.48. The summed E-state index contributed by atoms with van der Waals surface area (Å²) in [5.41, 5.74) is 5.81. The van der Waals surface area contributed by atoms with Gasteiger partial charge in [-0.1, -0.05) is 0 Å². The fourth-order valence-electron chi connectivity index (χ4n) is 2.25. The molecule has 0 saturated carbocycles. The summed E-state index contributed by atoms with van der Waals surface area (Å²) in [6.45, 7) is 1.92. The van der Waals surface area contributed by atoms with Crippen LogP contribution in [0.5, 0.6) is 0 Å². The van der Waals surface area contributed by atoms with Crippen LogP contribution in [-0.4, -0.2) is 42.4 Å². The Morgan fingerprint density at radius 2 is 2.25 bits per heavy atom. The Labute approximate surface area is 101 Å². The highest BCUT2D eigenvalue weighted by molar-refractivity contribution is 5.89. The molecule has 92 valence electrons. The number of halogens is 1. The van der Waals surface area contributed by atoms with E-state index in [9.17, 15) is 9.59 Å². The minimum Gasteiger partial charge on any atom is -0.355 e. The molecule has 0 spiro atoms. The second-order valence-electron chi connectivity index (χ2n) is 4.39. The van der Waals surface area contributed by atoms with Crippen LogP contribution >= 0.6 is 12.4 Å². The van der Waals surface area contributed by atoms with E-state index in [1.165, 1.54) is 0 Å². The summed E-state index contributed by atoms with van der Waals surface area (Å²) in [6.07, 6.45) is 2.30. The van der Waals surface area contributed by atoms with Crippen LogP contribution in [-0.2, 0) is 9.59 Å². The first-order chi connectivity index (χ1) is 7.16. The topological polar surface area (TPSA) is 75.4 Å². The van der Waals surface area contributed by atoms with E-state index in [1.807, 2.05) is 0 Å². The number of nitrogens with zero attached hydrogens (tertiary/aromatic N) is 1. The highest BCUT2D eigenvalue weighted by Gasteiger charge is 2.32. The summed E-state index contributed by atoms with van der Waals surface area (Å²) in [6, 6.07) is 0.104. The van der Waals surface area contributed by atoms with E-state index in [4.69, 9.17) is 5.73 Å². The third-order valence-electron chi connectivity index (χ3n) is 3.10. The molecule has 2 aliphatic rings. The monoisotopic (exact) mass is 247 g/mol. The molecule has 2 aliphatic heterocycles. The quantitative estimate of drug-likeness (QED) is 0.656. The fraction of sp³-hybridized carbons (Fsp3) is 0.800. The van der Waals surface area contributed by atoms with Crippen molar-refractivity contribution < 1.29 is 9.59 Å². The Morgan fingerprint density at radius 3 is 2.81 bits per heavy atom. The average Bonchev–Trinajstić information content (AvgIpc) is 2.64. The van der Waals surface area contributed by atoms with Gasteiger partial charge in [0.2, 0.25) is 11.8 Å². The van der Waals surface area contributed by atoms with Crippen molar-refractivity contribution in [1.82, 2.24) is 10.2 Å². The maximum absolute atomic E-state index is 12.0. The van der Waals surface area contributed by atoms with Crippen LogP contribution in [0, 0.1) is 5.92 Å². The van der Waals surface area contributed by atoms with Gasteiger partial charge in [0.15, 0.2) is 0 Å². The second-order valence-corrected chi connectivity index (χ2v) is 4.39. The van der Waals surface area contributed by atoms with Gasteiger partial charge in [-0.3, -0.25) is 9.59 Å². The van der Waals surface area contributed by atoms with E-state index >= 15 is 0 Å². The highest BCUT2D eigenvalue weighted by Crippen LogP contribution is 2.16. The van der Waals surface area contributed by atoms with Crippen molar-refractivity contribution in [2.75, 3.05) is 19.6 Å². The Kier molecular flexibility index (Phi) is 4.56. The first-order valence-electron chi connectivity index (χ1n) is 5.48. The number of nitrogens with one attached hydrogen (secondary N) is 1. The second kappa shape index (κ2) is 5.50. The fourth-order valence-corrected chi connectivity index (χ4v) is 2.25. The van der Waals surface area contributed by atoms with Crippen molar-refractivity contribution in [3.63, 3.8) is 0 Å². The molecule has 2 fully saturated rings. The van der Waals surface area contributed by atoms with Gasteiger partial charge < -0.3 is 16.0 Å². The number of rotatable bonds is 1.